The zero-order valence-corrected chi connectivity index (χ0v) is 12.3. The third-order valence-electron chi connectivity index (χ3n) is 2.77. The van der Waals surface area contributed by atoms with Crippen LogP contribution >= 0.6 is 12.2 Å². The SMILES string of the molecule is Cc1cccc(NC(=S)NNC(=O)c2ccccc2N)c1. The van der Waals surface area contributed by atoms with E-state index >= 15 is 0 Å². The van der Waals surface area contributed by atoms with Crippen LogP contribution in [0.3, 0.4) is 0 Å². The molecule has 0 aliphatic carbocycles. The van der Waals surface area contributed by atoms with Crippen molar-refractivity contribution in [3.63, 3.8) is 0 Å². The second kappa shape index (κ2) is 6.71. The zero-order chi connectivity index (χ0) is 15.2. The Morgan fingerprint density at radius 3 is 2.57 bits per heavy atom. The molecule has 0 spiro atoms. The Morgan fingerprint density at radius 1 is 1.10 bits per heavy atom. The Bertz CT molecular complexity index is 672. The summed E-state index contributed by atoms with van der Waals surface area (Å²) in [5.74, 6) is -0.346. The lowest BCUT2D eigenvalue weighted by atomic mass is 10.2. The van der Waals surface area contributed by atoms with E-state index in [1.165, 1.54) is 0 Å². The van der Waals surface area contributed by atoms with Gasteiger partial charge in [0.2, 0.25) is 0 Å². The van der Waals surface area contributed by atoms with Crippen molar-refractivity contribution in [2.75, 3.05) is 11.1 Å². The van der Waals surface area contributed by atoms with E-state index in [-0.39, 0.29) is 5.91 Å². The fourth-order valence-corrected chi connectivity index (χ4v) is 1.94. The number of anilines is 2. The lowest BCUT2D eigenvalue weighted by Gasteiger charge is -2.12. The maximum Gasteiger partial charge on any atom is 0.271 e. The van der Waals surface area contributed by atoms with Crippen LogP contribution in [0.25, 0.3) is 0 Å². The Labute approximate surface area is 128 Å². The number of hydrazine groups is 1. The van der Waals surface area contributed by atoms with Crippen molar-refractivity contribution < 1.29 is 4.79 Å². The predicted octanol–water partition coefficient (Wildman–Crippen LogP) is 2.21. The van der Waals surface area contributed by atoms with Crippen LogP contribution in [0.1, 0.15) is 15.9 Å². The van der Waals surface area contributed by atoms with Crippen LogP contribution in [0.4, 0.5) is 11.4 Å². The number of benzene rings is 2. The molecule has 2 aromatic carbocycles. The summed E-state index contributed by atoms with van der Waals surface area (Å²) in [6.45, 7) is 1.99. The first-order chi connectivity index (χ1) is 10.1. The van der Waals surface area contributed by atoms with Gasteiger partial charge in [0.25, 0.3) is 5.91 Å². The number of thiocarbonyl (C=S) groups is 1. The average molecular weight is 300 g/mol. The monoisotopic (exact) mass is 300 g/mol. The predicted molar refractivity (Wildman–Crippen MR) is 88.9 cm³/mol. The van der Waals surface area contributed by atoms with Crippen LogP contribution in [0.2, 0.25) is 0 Å². The van der Waals surface area contributed by atoms with Crippen LogP contribution < -0.4 is 21.9 Å². The van der Waals surface area contributed by atoms with Gasteiger partial charge in [-0.25, -0.2) is 0 Å². The van der Waals surface area contributed by atoms with Gasteiger partial charge in [0.05, 0.1) is 5.56 Å². The van der Waals surface area contributed by atoms with E-state index in [4.69, 9.17) is 18.0 Å². The molecule has 0 aliphatic rings. The molecule has 0 saturated carbocycles. The zero-order valence-electron chi connectivity index (χ0n) is 11.5. The molecule has 2 aromatic rings. The summed E-state index contributed by atoms with van der Waals surface area (Å²) in [6.07, 6.45) is 0. The third kappa shape index (κ3) is 4.19. The van der Waals surface area contributed by atoms with Crippen LogP contribution in [0.15, 0.2) is 48.5 Å². The van der Waals surface area contributed by atoms with Gasteiger partial charge in [-0.15, -0.1) is 0 Å². The number of rotatable bonds is 2. The molecule has 5 N–H and O–H groups in total. The fraction of sp³-hybridized carbons (Fsp3) is 0.0667. The van der Waals surface area contributed by atoms with Crippen molar-refractivity contribution in [1.29, 1.82) is 0 Å². The van der Waals surface area contributed by atoms with Gasteiger partial charge >= 0.3 is 0 Å². The molecule has 0 radical (unpaired) electrons. The molecule has 0 saturated heterocycles. The number of amides is 1. The highest BCUT2D eigenvalue weighted by molar-refractivity contribution is 7.80. The molecule has 0 heterocycles. The van der Waals surface area contributed by atoms with E-state index in [2.05, 4.69) is 16.2 Å². The molecule has 0 bridgehead atoms. The first kappa shape index (κ1) is 14.8. The molecule has 1 amide bonds. The van der Waals surface area contributed by atoms with Gasteiger partial charge in [0.1, 0.15) is 0 Å². The van der Waals surface area contributed by atoms with E-state index in [1.807, 2.05) is 31.2 Å². The number of carbonyl (C=O) groups is 1. The largest absolute Gasteiger partial charge is 0.398 e. The summed E-state index contributed by atoms with van der Waals surface area (Å²) < 4.78 is 0. The van der Waals surface area contributed by atoms with Crippen LogP contribution in [-0.4, -0.2) is 11.0 Å². The number of carbonyl (C=O) groups excluding carboxylic acids is 1. The molecule has 2 rings (SSSR count). The van der Waals surface area contributed by atoms with Gasteiger partial charge in [-0.3, -0.25) is 15.6 Å². The van der Waals surface area contributed by atoms with E-state index in [0.717, 1.165) is 11.3 Å². The van der Waals surface area contributed by atoms with E-state index < -0.39 is 0 Å². The third-order valence-corrected chi connectivity index (χ3v) is 2.98. The van der Waals surface area contributed by atoms with Crippen molar-refractivity contribution in [2.45, 2.75) is 6.92 Å². The normalized spacial score (nSPS) is 9.76. The van der Waals surface area contributed by atoms with Crippen molar-refractivity contribution in [1.82, 2.24) is 10.9 Å². The lowest BCUT2D eigenvalue weighted by molar-refractivity contribution is 0.0945. The van der Waals surface area contributed by atoms with E-state index in [0.29, 0.717) is 16.4 Å². The summed E-state index contributed by atoms with van der Waals surface area (Å²) in [5, 5.41) is 3.27. The summed E-state index contributed by atoms with van der Waals surface area (Å²) in [5.41, 5.74) is 13.6. The number of nitrogens with one attached hydrogen (secondary N) is 3. The summed E-state index contributed by atoms with van der Waals surface area (Å²) >= 11 is 5.11. The quantitative estimate of drug-likeness (QED) is 0.388. The summed E-state index contributed by atoms with van der Waals surface area (Å²) in [7, 11) is 0. The number of nitrogens with two attached hydrogens (primary N) is 1. The lowest BCUT2D eigenvalue weighted by Crippen LogP contribution is -2.43. The molecule has 108 valence electrons. The number of aryl methyl sites for hydroxylation is 1. The van der Waals surface area contributed by atoms with Crippen molar-refractivity contribution in [3.8, 4) is 0 Å². The highest BCUT2D eigenvalue weighted by Crippen LogP contribution is 2.10. The number of hydrogen-bond donors (Lipinski definition) is 4. The molecule has 0 aliphatic heterocycles. The number of nitrogen functional groups attached to an aromatic ring is 1. The Kier molecular flexibility index (Phi) is 4.73. The van der Waals surface area contributed by atoms with Crippen molar-refractivity contribution >= 4 is 34.6 Å². The number of para-hydroxylation sites is 1. The number of hydrogen-bond acceptors (Lipinski definition) is 3. The second-order valence-corrected chi connectivity index (χ2v) is 4.90. The molecule has 0 aromatic heterocycles. The average Bonchev–Trinajstić information content (AvgIpc) is 2.45. The molecule has 21 heavy (non-hydrogen) atoms. The molecular weight excluding hydrogens is 284 g/mol. The minimum atomic E-state index is -0.346. The summed E-state index contributed by atoms with van der Waals surface area (Å²) in [6, 6.07) is 14.6. The minimum Gasteiger partial charge on any atom is -0.398 e. The Morgan fingerprint density at radius 2 is 1.86 bits per heavy atom. The van der Waals surface area contributed by atoms with E-state index in [1.54, 1.807) is 24.3 Å². The standard InChI is InChI=1S/C15H16N4OS/c1-10-5-4-6-11(9-10)17-15(21)19-18-14(20)12-7-2-3-8-13(12)16/h2-9H,16H2,1H3,(H,18,20)(H2,17,19,21). The van der Waals surface area contributed by atoms with Crippen LogP contribution in [0.5, 0.6) is 0 Å². The fourth-order valence-electron chi connectivity index (χ4n) is 1.77. The van der Waals surface area contributed by atoms with Crippen LogP contribution in [0, 0.1) is 6.92 Å². The van der Waals surface area contributed by atoms with Crippen LogP contribution in [-0.2, 0) is 0 Å². The Hall–Kier alpha value is -2.60. The maximum absolute atomic E-state index is 11.9. The van der Waals surface area contributed by atoms with Gasteiger partial charge in [0.15, 0.2) is 5.11 Å². The van der Waals surface area contributed by atoms with Gasteiger partial charge < -0.3 is 11.1 Å². The van der Waals surface area contributed by atoms with Crippen molar-refractivity contribution in [2.24, 2.45) is 0 Å². The van der Waals surface area contributed by atoms with E-state index in [9.17, 15) is 4.79 Å². The molecule has 0 atom stereocenters. The highest BCUT2D eigenvalue weighted by atomic mass is 32.1. The molecular formula is C15H16N4OS. The molecule has 0 fully saturated rings. The molecule has 0 unspecified atom stereocenters. The van der Waals surface area contributed by atoms with Gasteiger partial charge in [-0.05, 0) is 49.0 Å². The molecule has 6 heteroatoms. The first-order valence-electron chi connectivity index (χ1n) is 6.35. The minimum absolute atomic E-state index is 0.295. The first-order valence-corrected chi connectivity index (χ1v) is 6.75. The van der Waals surface area contributed by atoms with Gasteiger partial charge in [-0.2, -0.15) is 0 Å². The molecule has 5 nitrogen and oxygen atoms in total. The topological polar surface area (TPSA) is 79.2 Å². The summed E-state index contributed by atoms with van der Waals surface area (Å²) in [4.78, 5) is 11.9. The second-order valence-electron chi connectivity index (χ2n) is 4.49. The van der Waals surface area contributed by atoms with Crippen molar-refractivity contribution in [3.05, 3.63) is 59.7 Å². The highest BCUT2D eigenvalue weighted by Gasteiger charge is 2.08. The Balaban J connectivity index is 1.90. The van der Waals surface area contributed by atoms with Gasteiger partial charge in [0, 0.05) is 11.4 Å². The maximum atomic E-state index is 11.9. The smallest absolute Gasteiger partial charge is 0.271 e. The van der Waals surface area contributed by atoms with Gasteiger partial charge in [-0.1, -0.05) is 24.3 Å².